The monoisotopic (exact) mass is 385 g/mol. The van der Waals surface area contributed by atoms with Gasteiger partial charge < -0.3 is 15.5 Å². The summed E-state index contributed by atoms with van der Waals surface area (Å²) >= 11 is 0. The molecule has 0 bridgehead atoms. The van der Waals surface area contributed by atoms with Crippen LogP contribution < -0.4 is 10.6 Å². The standard InChI is InChI=1S/C22H35N5O/c1-23-22(24-13-12-21(28)25-20-10-6-3-7-11-20)27-16-14-26(15-17-27)18-19-8-4-2-5-9-19/h2,4-5,8-9,20H,3,6-7,10-18H2,1H3,(H,23,24)(H,25,28). The second kappa shape index (κ2) is 11.1. The maximum atomic E-state index is 12.2. The van der Waals surface area contributed by atoms with Crippen LogP contribution in [0.25, 0.3) is 0 Å². The van der Waals surface area contributed by atoms with E-state index in [0.717, 1.165) is 51.5 Å². The van der Waals surface area contributed by atoms with Crippen molar-refractivity contribution >= 4 is 11.9 Å². The smallest absolute Gasteiger partial charge is 0.221 e. The highest BCUT2D eigenvalue weighted by molar-refractivity contribution is 5.81. The first kappa shape index (κ1) is 20.6. The molecular weight excluding hydrogens is 350 g/mol. The summed E-state index contributed by atoms with van der Waals surface area (Å²) in [7, 11) is 1.82. The molecule has 6 heteroatoms. The fourth-order valence-electron chi connectivity index (χ4n) is 4.13. The fourth-order valence-corrected chi connectivity index (χ4v) is 4.13. The largest absolute Gasteiger partial charge is 0.356 e. The summed E-state index contributed by atoms with van der Waals surface area (Å²) in [4.78, 5) is 21.4. The molecule has 1 heterocycles. The molecule has 3 rings (SSSR count). The Hall–Kier alpha value is -2.08. The summed E-state index contributed by atoms with van der Waals surface area (Å²) in [5.41, 5.74) is 1.36. The number of nitrogens with one attached hydrogen (secondary N) is 2. The van der Waals surface area contributed by atoms with Gasteiger partial charge in [-0.15, -0.1) is 0 Å². The summed E-state index contributed by atoms with van der Waals surface area (Å²) in [5, 5.41) is 6.55. The van der Waals surface area contributed by atoms with Crippen LogP contribution in [0.3, 0.4) is 0 Å². The molecule has 2 N–H and O–H groups in total. The van der Waals surface area contributed by atoms with Crippen LogP contribution in [0.15, 0.2) is 35.3 Å². The van der Waals surface area contributed by atoms with Crippen LogP contribution in [0.2, 0.25) is 0 Å². The first-order valence-electron chi connectivity index (χ1n) is 10.8. The normalized spacial score (nSPS) is 19.5. The van der Waals surface area contributed by atoms with Gasteiger partial charge in [-0.3, -0.25) is 14.7 Å². The number of amides is 1. The summed E-state index contributed by atoms with van der Waals surface area (Å²) in [5.74, 6) is 1.06. The van der Waals surface area contributed by atoms with Crippen molar-refractivity contribution in [2.24, 2.45) is 4.99 Å². The third-order valence-corrected chi connectivity index (χ3v) is 5.74. The molecule has 1 saturated heterocycles. The van der Waals surface area contributed by atoms with Gasteiger partial charge in [0.15, 0.2) is 5.96 Å². The molecule has 1 amide bonds. The maximum absolute atomic E-state index is 12.2. The molecule has 1 aliphatic carbocycles. The molecule has 0 aromatic heterocycles. The fraction of sp³-hybridized carbons (Fsp3) is 0.636. The van der Waals surface area contributed by atoms with E-state index in [1.54, 1.807) is 0 Å². The first-order valence-corrected chi connectivity index (χ1v) is 10.8. The van der Waals surface area contributed by atoms with Crippen molar-refractivity contribution in [1.29, 1.82) is 0 Å². The van der Waals surface area contributed by atoms with Crippen LogP contribution in [0.4, 0.5) is 0 Å². The van der Waals surface area contributed by atoms with E-state index in [1.807, 2.05) is 7.05 Å². The van der Waals surface area contributed by atoms with E-state index >= 15 is 0 Å². The molecule has 0 radical (unpaired) electrons. The van der Waals surface area contributed by atoms with E-state index < -0.39 is 0 Å². The molecule has 2 aliphatic rings. The molecule has 1 aromatic carbocycles. The Bertz CT molecular complexity index is 619. The molecule has 28 heavy (non-hydrogen) atoms. The van der Waals surface area contributed by atoms with Crippen molar-refractivity contribution in [2.75, 3.05) is 39.8 Å². The van der Waals surface area contributed by atoms with Gasteiger partial charge in [0, 0.05) is 58.8 Å². The predicted octanol–water partition coefficient (Wildman–Crippen LogP) is 2.22. The molecule has 0 spiro atoms. The van der Waals surface area contributed by atoms with Crippen LogP contribution in [0.5, 0.6) is 0 Å². The minimum atomic E-state index is 0.155. The second-order valence-corrected chi connectivity index (χ2v) is 7.88. The Morgan fingerprint density at radius 2 is 1.79 bits per heavy atom. The lowest BCUT2D eigenvalue weighted by atomic mass is 9.95. The second-order valence-electron chi connectivity index (χ2n) is 7.88. The van der Waals surface area contributed by atoms with Crippen LogP contribution in [0, 0.1) is 0 Å². The Morgan fingerprint density at radius 3 is 2.46 bits per heavy atom. The predicted molar refractivity (Wildman–Crippen MR) is 114 cm³/mol. The Labute approximate surface area is 169 Å². The van der Waals surface area contributed by atoms with E-state index in [9.17, 15) is 4.79 Å². The van der Waals surface area contributed by atoms with Crippen LogP contribution >= 0.6 is 0 Å². The van der Waals surface area contributed by atoms with Gasteiger partial charge in [-0.1, -0.05) is 49.6 Å². The van der Waals surface area contributed by atoms with Crippen molar-refractivity contribution < 1.29 is 4.79 Å². The van der Waals surface area contributed by atoms with Crippen molar-refractivity contribution in [1.82, 2.24) is 20.4 Å². The van der Waals surface area contributed by atoms with Gasteiger partial charge >= 0.3 is 0 Å². The highest BCUT2D eigenvalue weighted by Crippen LogP contribution is 2.17. The van der Waals surface area contributed by atoms with Crippen LogP contribution in [-0.4, -0.2) is 67.5 Å². The molecule has 0 atom stereocenters. The minimum Gasteiger partial charge on any atom is -0.356 e. The Balaban J connectivity index is 1.34. The van der Waals surface area contributed by atoms with Crippen molar-refractivity contribution in [2.45, 2.75) is 51.1 Å². The lowest BCUT2D eigenvalue weighted by Crippen LogP contribution is -2.52. The van der Waals surface area contributed by atoms with Gasteiger partial charge in [-0.05, 0) is 18.4 Å². The summed E-state index contributed by atoms with van der Waals surface area (Å²) in [6.07, 6.45) is 6.56. The molecular formula is C22H35N5O. The van der Waals surface area contributed by atoms with Gasteiger partial charge in [0.2, 0.25) is 5.91 Å². The number of piperazine rings is 1. The van der Waals surface area contributed by atoms with Gasteiger partial charge in [0.1, 0.15) is 0 Å². The van der Waals surface area contributed by atoms with E-state index in [2.05, 4.69) is 55.8 Å². The average molecular weight is 386 g/mol. The lowest BCUT2D eigenvalue weighted by Gasteiger charge is -2.36. The number of hydrogen-bond donors (Lipinski definition) is 2. The average Bonchev–Trinajstić information content (AvgIpc) is 2.73. The topological polar surface area (TPSA) is 60.0 Å². The van der Waals surface area contributed by atoms with Gasteiger partial charge in [-0.25, -0.2) is 0 Å². The zero-order chi connectivity index (χ0) is 19.6. The number of nitrogens with zero attached hydrogens (tertiary/aromatic N) is 3. The Kier molecular flexibility index (Phi) is 8.15. The third kappa shape index (κ3) is 6.51. The number of guanidine groups is 1. The molecule has 2 fully saturated rings. The Morgan fingerprint density at radius 1 is 1.07 bits per heavy atom. The first-order chi connectivity index (χ1) is 13.7. The van der Waals surface area contributed by atoms with E-state index in [0.29, 0.717) is 19.0 Å². The molecule has 154 valence electrons. The third-order valence-electron chi connectivity index (χ3n) is 5.74. The van der Waals surface area contributed by atoms with Crippen LogP contribution in [0.1, 0.15) is 44.1 Å². The van der Waals surface area contributed by atoms with Gasteiger partial charge in [0.05, 0.1) is 0 Å². The molecule has 6 nitrogen and oxygen atoms in total. The molecule has 1 aliphatic heterocycles. The zero-order valence-corrected chi connectivity index (χ0v) is 17.2. The molecule has 1 saturated carbocycles. The minimum absolute atomic E-state index is 0.155. The van der Waals surface area contributed by atoms with Gasteiger partial charge in [-0.2, -0.15) is 0 Å². The summed E-state index contributed by atoms with van der Waals surface area (Å²) in [6, 6.07) is 11.0. The van der Waals surface area contributed by atoms with Crippen molar-refractivity contribution in [3.8, 4) is 0 Å². The highest BCUT2D eigenvalue weighted by Gasteiger charge is 2.20. The maximum Gasteiger partial charge on any atom is 0.221 e. The number of carbonyl (C=O) groups excluding carboxylic acids is 1. The quantitative estimate of drug-likeness (QED) is 0.582. The number of benzene rings is 1. The molecule has 0 unspecified atom stereocenters. The van der Waals surface area contributed by atoms with Crippen LogP contribution in [-0.2, 0) is 11.3 Å². The van der Waals surface area contributed by atoms with Crippen molar-refractivity contribution in [3.05, 3.63) is 35.9 Å². The lowest BCUT2D eigenvalue weighted by molar-refractivity contribution is -0.121. The SMILES string of the molecule is CN=C(NCCC(=O)NC1CCCCC1)N1CCN(Cc2ccccc2)CC1. The van der Waals surface area contributed by atoms with Crippen molar-refractivity contribution in [3.63, 3.8) is 0 Å². The number of aliphatic imine (C=N–C) groups is 1. The number of hydrogen-bond acceptors (Lipinski definition) is 3. The van der Waals surface area contributed by atoms with E-state index in [-0.39, 0.29) is 5.91 Å². The summed E-state index contributed by atoms with van der Waals surface area (Å²) < 4.78 is 0. The number of carbonyl (C=O) groups is 1. The highest BCUT2D eigenvalue weighted by atomic mass is 16.1. The number of rotatable bonds is 6. The van der Waals surface area contributed by atoms with E-state index in [4.69, 9.17) is 0 Å². The van der Waals surface area contributed by atoms with E-state index in [1.165, 1.54) is 24.8 Å². The van der Waals surface area contributed by atoms with Gasteiger partial charge in [0.25, 0.3) is 0 Å². The molecule has 1 aromatic rings. The zero-order valence-electron chi connectivity index (χ0n) is 17.2. The summed E-state index contributed by atoms with van der Waals surface area (Å²) in [6.45, 7) is 5.61.